The summed E-state index contributed by atoms with van der Waals surface area (Å²) in [6, 6.07) is 5.59. The van der Waals surface area contributed by atoms with Crippen molar-refractivity contribution >= 4 is 5.97 Å². The van der Waals surface area contributed by atoms with Crippen molar-refractivity contribution in [2.24, 2.45) is 5.92 Å². The van der Waals surface area contributed by atoms with E-state index in [0.29, 0.717) is 24.3 Å². The van der Waals surface area contributed by atoms with Crippen LogP contribution in [0, 0.1) is 12.8 Å². The number of hydrogen-bond donors (Lipinski definition) is 1. The van der Waals surface area contributed by atoms with Gasteiger partial charge >= 0.3 is 5.97 Å². The average molecular weight is 294 g/mol. The van der Waals surface area contributed by atoms with Gasteiger partial charge in [0, 0.05) is 5.56 Å². The molecule has 0 aliphatic carbocycles. The Hall–Kier alpha value is -1.55. The number of carbonyl (C=O) groups is 1. The topological polar surface area (TPSA) is 55.8 Å². The molecule has 0 saturated heterocycles. The Morgan fingerprint density at radius 1 is 1.38 bits per heavy atom. The molecule has 0 radical (unpaired) electrons. The lowest BCUT2D eigenvalue weighted by molar-refractivity contribution is -0.158. The summed E-state index contributed by atoms with van der Waals surface area (Å²) < 4.78 is 10.5. The molecule has 1 rings (SSSR count). The van der Waals surface area contributed by atoms with Crippen molar-refractivity contribution in [3.8, 4) is 5.75 Å². The molecule has 0 fully saturated rings. The van der Waals surface area contributed by atoms with E-state index in [1.54, 1.807) is 21.0 Å². The van der Waals surface area contributed by atoms with Crippen molar-refractivity contribution in [3.05, 3.63) is 29.3 Å². The van der Waals surface area contributed by atoms with Crippen molar-refractivity contribution in [3.63, 3.8) is 0 Å². The second-order valence-electron chi connectivity index (χ2n) is 5.44. The van der Waals surface area contributed by atoms with Crippen molar-refractivity contribution < 1.29 is 19.4 Å². The second kappa shape index (κ2) is 7.46. The third-order valence-electron chi connectivity index (χ3n) is 3.73. The largest absolute Gasteiger partial charge is 0.496 e. The van der Waals surface area contributed by atoms with Gasteiger partial charge in [0.15, 0.2) is 0 Å². The van der Waals surface area contributed by atoms with Crippen LogP contribution in [0.4, 0.5) is 0 Å². The lowest BCUT2D eigenvalue weighted by Gasteiger charge is -2.33. The number of aliphatic hydroxyl groups is 1. The van der Waals surface area contributed by atoms with Gasteiger partial charge in [0.05, 0.1) is 19.6 Å². The van der Waals surface area contributed by atoms with Gasteiger partial charge in [0.25, 0.3) is 0 Å². The van der Waals surface area contributed by atoms with Crippen LogP contribution in [0.15, 0.2) is 18.2 Å². The van der Waals surface area contributed by atoms with E-state index in [0.717, 1.165) is 12.0 Å². The van der Waals surface area contributed by atoms with Crippen LogP contribution >= 0.6 is 0 Å². The number of ether oxygens (including phenoxy) is 2. The molecule has 2 atom stereocenters. The quantitative estimate of drug-likeness (QED) is 0.785. The Morgan fingerprint density at radius 2 is 2.05 bits per heavy atom. The highest BCUT2D eigenvalue weighted by atomic mass is 16.5. The highest BCUT2D eigenvalue weighted by molar-refractivity contribution is 5.74. The standard InChI is InChI=1S/C17H26O4/c1-6-8-13(16(18)21-7-2)17(4,19)14-11-12(3)9-10-15(14)20-5/h9-11,13,19H,6-8H2,1-5H3. The third-order valence-corrected chi connectivity index (χ3v) is 3.73. The number of aryl methyl sites for hydroxylation is 1. The summed E-state index contributed by atoms with van der Waals surface area (Å²) in [6.45, 7) is 7.65. The van der Waals surface area contributed by atoms with E-state index in [1.165, 1.54) is 0 Å². The maximum Gasteiger partial charge on any atom is 0.312 e. The Labute approximate surface area is 127 Å². The van der Waals surface area contributed by atoms with Crippen molar-refractivity contribution in [2.75, 3.05) is 13.7 Å². The molecule has 4 heteroatoms. The van der Waals surface area contributed by atoms with E-state index in [1.807, 2.05) is 32.0 Å². The summed E-state index contributed by atoms with van der Waals surface area (Å²) in [5, 5.41) is 11.0. The molecular weight excluding hydrogens is 268 g/mol. The first-order chi connectivity index (χ1) is 9.88. The minimum absolute atomic E-state index is 0.306. The second-order valence-corrected chi connectivity index (χ2v) is 5.44. The fourth-order valence-corrected chi connectivity index (χ4v) is 2.56. The maximum absolute atomic E-state index is 12.2. The lowest BCUT2D eigenvalue weighted by Crippen LogP contribution is -2.38. The molecule has 1 aromatic rings. The highest BCUT2D eigenvalue weighted by Crippen LogP contribution is 2.38. The number of methoxy groups -OCH3 is 1. The number of rotatable bonds is 7. The molecule has 118 valence electrons. The monoisotopic (exact) mass is 294 g/mol. The van der Waals surface area contributed by atoms with Gasteiger partial charge in [-0.05, 0) is 39.3 Å². The van der Waals surface area contributed by atoms with Gasteiger partial charge in [0.1, 0.15) is 11.4 Å². The van der Waals surface area contributed by atoms with Crippen LogP contribution in [0.25, 0.3) is 0 Å². The lowest BCUT2D eigenvalue weighted by atomic mass is 9.79. The Bertz CT molecular complexity index is 480. The molecule has 0 saturated carbocycles. The summed E-state index contributed by atoms with van der Waals surface area (Å²) >= 11 is 0. The van der Waals surface area contributed by atoms with E-state index in [2.05, 4.69) is 0 Å². The number of benzene rings is 1. The third kappa shape index (κ3) is 3.97. The van der Waals surface area contributed by atoms with Crippen molar-refractivity contribution in [1.82, 2.24) is 0 Å². The molecule has 0 aliphatic rings. The molecule has 0 amide bonds. The van der Waals surface area contributed by atoms with Crippen LogP contribution in [0.1, 0.15) is 44.7 Å². The molecule has 0 bridgehead atoms. The van der Waals surface area contributed by atoms with Crippen molar-refractivity contribution in [2.45, 2.75) is 46.1 Å². The van der Waals surface area contributed by atoms with Crippen LogP contribution < -0.4 is 4.74 Å². The zero-order valence-electron chi connectivity index (χ0n) is 13.6. The molecule has 2 unspecified atom stereocenters. The molecule has 21 heavy (non-hydrogen) atoms. The fourth-order valence-electron chi connectivity index (χ4n) is 2.56. The van der Waals surface area contributed by atoms with Gasteiger partial charge in [-0.2, -0.15) is 0 Å². The van der Waals surface area contributed by atoms with Crippen LogP contribution in [-0.4, -0.2) is 24.8 Å². The smallest absolute Gasteiger partial charge is 0.312 e. The van der Waals surface area contributed by atoms with Crippen LogP contribution in [-0.2, 0) is 15.1 Å². The number of carbonyl (C=O) groups excluding carboxylic acids is 1. The Balaban J connectivity index is 3.27. The minimum atomic E-state index is -1.33. The minimum Gasteiger partial charge on any atom is -0.496 e. The molecule has 0 aromatic heterocycles. The Morgan fingerprint density at radius 3 is 2.57 bits per heavy atom. The van der Waals surface area contributed by atoms with Gasteiger partial charge in [-0.25, -0.2) is 0 Å². The molecule has 0 aliphatic heterocycles. The van der Waals surface area contributed by atoms with E-state index in [4.69, 9.17) is 9.47 Å². The average Bonchev–Trinajstić information content (AvgIpc) is 2.44. The molecule has 0 heterocycles. The SMILES string of the molecule is CCCC(C(=O)OCC)C(C)(O)c1cc(C)ccc1OC. The van der Waals surface area contributed by atoms with Gasteiger partial charge in [-0.3, -0.25) is 4.79 Å². The summed E-state index contributed by atoms with van der Waals surface area (Å²) in [6.07, 6.45) is 1.34. The Kier molecular flexibility index (Phi) is 6.21. The predicted octanol–water partition coefficient (Wildman–Crippen LogP) is 3.19. The van der Waals surface area contributed by atoms with Crippen LogP contribution in [0.5, 0.6) is 5.75 Å². The predicted molar refractivity (Wildman–Crippen MR) is 82.3 cm³/mol. The molecule has 1 aromatic carbocycles. The fraction of sp³-hybridized carbons (Fsp3) is 0.588. The van der Waals surface area contributed by atoms with E-state index in [-0.39, 0.29) is 5.97 Å². The summed E-state index contributed by atoms with van der Waals surface area (Å²) in [5.41, 5.74) is 0.293. The van der Waals surface area contributed by atoms with Crippen molar-refractivity contribution in [1.29, 1.82) is 0 Å². The maximum atomic E-state index is 12.2. The van der Waals surface area contributed by atoms with Gasteiger partial charge in [0.2, 0.25) is 0 Å². The van der Waals surface area contributed by atoms with Crippen LogP contribution in [0.2, 0.25) is 0 Å². The molecule has 1 N–H and O–H groups in total. The first-order valence-electron chi connectivity index (χ1n) is 7.42. The van der Waals surface area contributed by atoms with E-state index in [9.17, 15) is 9.90 Å². The first kappa shape index (κ1) is 17.5. The zero-order chi connectivity index (χ0) is 16.0. The summed E-state index contributed by atoms with van der Waals surface area (Å²) in [5.74, 6) is -0.401. The highest BCUT2D eigenvalue weighted by Gasteiger charge is 2.41. The zero-order valence-corrected chi connectivity index (χ0v) is 13.6. The van der Waals surface area contributed by atoms with Gasteiger partial charge < -0.3 is 14.6 Å². The van der Waals surface area contributed by atoms with Gasteiger partial charge in [-0.1, -0.05) is 25.0 Å². The van der Waals surface area contributed by atoms with E-state index < -0.39 is 11.5 Å². The number of esters is 1. The molecule has 4 nitrogen and oxygen atoms in total. The number of hydrogen-bond acceptors (Lipinski definition) is 4. The molecular formula is C17H26O4. The molecule has 0 spiro atoms. The van der Waals surface area contributed by atoms with Gasteiger partial charge in [-0.15, -0.1) is 0 Å². The van der Waals surface area contributed by atoms with E-state index >= 15 is 0 Å². The summed E-state index contributed by atoms with van der Waals surface area (Å²) in [7, 11) is 1.56. The summed E-state index contributed by atoms with van der Waals surface area (Å²) in [4.78, 5) is 12.2. The normalized spacial score (nSPS) is 15.1. The van der Waals surface area contributed by atoms with Crippen LogP contribution in [0.3, 0.4) is 0 Å². The first-order valence-corrected chi connectivity index (χ1v) is 7.42.